The molecule has 2 heterocycles. The van der Waals surface area contributed by atoms with Crippen molar-refractivity contribution in [3.63, 3.8) is 0 Å². The van der Waals surface area contributed by atoms with Crippen LogP contribution in [-0.4, -0.2) is 23.4 Å². The SMILES string of the molecule is Nc1cc(-c2cc3c(cc2Cl)OCCO3)[nH]n1. The minimum Gasteiger partial charge on any atom is -0.486 e. The van der Waals surface area contributed by atoms with Crippen molar-refractivity contribution in [1.29, 1.82) is 0 Å². The fraction of sp³-hybridized carbons (Fsp3) is 0.182. The Morgan fingerprint density at radius 2 is 1.88 bits per heavy atom. The van der Waals surface area contributed by atoms with Gasteiger partial charge in [-0.15, -0.1) is 0 Å². The second-order valence-corrected chi connectivity index (χ2v) is 4.09. The largest absolute Gasteiger partial charge is 0.486 e. The molecule has 17 heavy (non-hydrogen) atoms. The predicted molar refractivity (Wildman–Crippen MR) is 64.4 cm³/mol. The van der Waals surface area contributed by atoms with Crippen LogP contribution in [0.3, 0.4) is 0 Å². The molecule has 0 fully saturated rings. The normalized spacial score (nSPS) is 13.7. The summed E-state index contributed by atoms with van der Waals surface area (Å²) in [4.78, 5) is 0. The summed E-state index contributed by atoms with van der Waals surface area (Å²) < 4.78 is 10.9. The van der Waals surface area contributed by atoms with Gasteiger partial charge in [-0.2, -0.15) is 5.10 Å². The van der Waals surface area contributed by atoms with E-state index >= 15 is 0 Å². The first-order valence-corrected chi connectivity index (χ1v) is 5.52. The zero-order valence-corrected chi connectivity index (χ0v) is 9.62. The molecule has 0 spiro atoms. The molecular weight excluding hydrogens is 242 g/mol. The molecule has 88 valence electrons. The molecule has 0 radical (unpaired) electrons. The van der Waals surface area contributed by atoms with Gasteiger partial charge in [-0.25, -0.2) is 0 Å². The van der Waals surface area contributed by atoms with Gasteiger partial charge in [0.1, 0.15) is 19.0 Å². The molecule has 5 nitrogen and oxygen atoms in total. The lowest BCUT2D eigenvalue weighted by molar-refractivity contribution is 0.171. The highest BCUT2D eigenvalue weighted by Crippen LogP contribution is 2.39. The summed E-state index contributed by atoms with van der Waals surface area (Å²) >= 11 is 6.18. The maximum absolute atomic E-state index is 6.18. The molecule has 0 atom stereocenters. The van der Waals surface area contributed by atoms with Gasteiger partial charge in [0, 0.05) is 17.7 Å². The lowest BCUT2D eigenvalue weighted by Crippen LogP contribution is -2.15. The van der Waals surface area contributed by atoms with Crippen molar-refractivity contribution in [1.82, 2.24) is 10.2 Å². The monoisotopic (exact) mass is 251 g/mol. The van der Waals surface area contributed by atoms with E-state index in [9.17, 15) is 0 Å². The second kappa shape index (κ2) is 3.85. The number of nitrogens with two attached hydrogens (primary N) is 1. The van der Waals surface area contributed by atoms with Crippen LogP contribution in [0.25, 0.3) is 11.3 Å². The molecule has 3 rings (SSSR count). The highest BCUT2D eigenvalue weighted by Gasteiger charge is 2.16. The third-order valence-electron chi connectivity index (χ3n) is 2.52. The fourth-order valence-corrected chi connectivity index (χ4v) is 2.00. The Hall–Kier alpha value is -1.88. The number of fused-ring (bicyclic) bond motifs is 1. The third kappa shape index (κ3) is 1.78. The van der Waals surface area contributed by atoms with E-state index in [1.54, 1.807) is 12.1 Å². The first kappa shape index (κ1) is 10.3. The summed E-state index contributed by atoms with van der Waals surface area (Å²) in [6.45, 7) is 1.08. The molecule has 3 N–H and O–H groups in total. The van der Waals surface area contributed by atoms with Crippen molar-refractivity contribution in [3.8, 4) is 22.8 Å². The second-order valence-electron chi connectivity index (χ2n) is 3.68. The molecule has 0 bridgehead atoms. The van der Waals surface area contributed by atoms with Crippen LogP contribution in [0.4, 0.5) is 5.82 Å². The summed E-state index contributed by atoms with van der Waals surface area (Å²) in [7, 11) is 0. The van der Waals surface area contributed by atoms with Crippen LogP contribution in [-0.2, 0) is 0 Å². The van der Waals surface area contributed by atoms with E-state index in [-0.39, 0.29) is 0 Å². The molecule has 1 aromatic heterocycles. The van der Waals surface area contributed by atoms with E-state index in [4.69, 9.17) is 26.8 Å². The molecule has 0 unspecified atom stereocenters. The molecule has 0 saturated heterocycles. The van der Waals surface area contributed by atoms with Crippen LogP contribution in [0, 0.1) is 0 Å². The van der Waals surface area contributed by atoms with E-state index < -0.39 is 0 Å². The van der Waals surface area contributed by atoms with E-state index in [2.05, 4.69) is 10.2 Å². The number of ether oxygens (including phenoxy) is 2. The molecule has 6 heteroatoms. The number of nitrogens with one attached hydrogen (secondary N) is 1. The Labute approximate surface area is 102 Å². The number of H-pyrrole nitrogens is 1. The molecule has 2 aromatic rings. The topological polar surface area (TPSA) is 73.2 Å². The first-order valence-electron chi connectivity index (χ1n) is 5.14. The molecule has 0 saturated carbocycles. The van der Waals surface area contributed by atoms with E-state index in [0.717, 1.165) is 11.3 Å². The van der Waals surface area contributed by atoms with Gasteiger partial charge in [0.25, 0.3) is 0 Å². The number of nitrogen functional groups attached to an aromatic ring is 1. The molecule has 1 aromatic carbocycles. The molecule has 1 aliphatic rings. The van der Waals surface area contributed by atoms with Crippen molar-refractivity contribution < 1.29 is 9.47 Å². The van der Waals surface area contributed by atoms with E-state index in [1.807, 2.05) is 6.07 Å². The average Bonchev–Trinajstić information content (AvgIpc) is 2.75. The highest BCUT2D eigenvalue weighted by molar-refractivity contribution is 6.33. The van der Waals surface area contributed by atoms with Crippen molar-refractivity contribution in [2.75, 3.05) is 18.9 Å². The summed E-state index contributed by atoms with van der Waals surface area (Å²) in [6.07, 6.45) is 0. The number of halogens is 1. The summed E-state index contributed by atoms with van der Waals surface area (Å²) in [5, 5.41) is 7.25. The quantitative estimate of drug-likeness (QED) is 0.814. The highest BCUT2D eigenvalue weighted by atomic mass is 35.5. The number of anilines is 1. The summed E-state index contributed by atoms with van der Waals surface area (Å²) in [5.74, 6) is 1.77. The van der Waals surface area contributed by atoms with Gasteiger partial charge in [-0.05, 0) is 6.07 Å². The zero-order chi connectivity index (χ0) is 11.8. The van der Waals surface area contributed by atoms with Gasteiger partial charge in [0.05, 0.1) is 10.7 Å². The lowest BCUT2D eigenvalue weighted by atomic mass is 10.1. The number of rotatable bonds is 1. The molecule has 1 aliphatic heterocycles. The summed E-state index contributed by atoms with van der Waals surface area (Å²) in [5.41, 5.74) is 7.11. The van der Waals surface area contributed by atoms with Crippen LogP contribution in [0.15, 0.2) is 18.2 Å². The van der Waals surface area contributed by atoms with Gasteiger partial charge < -0.3 is 15.2 Å². The smallest absolute Gasteiger partial charge is 0.162 e. The predicted octanol–water partition coefficient (Wildman–Crippen LogP) is 2.08. The number of nitrogens with zero attached hydrogens (tertiary/aromatic N) is 1. The number of hydrogen-bond acceptors (Lipinski definition) is 4. The average molecular weight is 252 g/mol. The van der Waals surface area contributed by atoms with Crippen LogP contribution >= 0.6 is 11.6 Å². The van der Waals surface area contributed by atoms with Crippen LogP contribution in [0.1, 0.15) is 0 Å². The Bertz CT molecular complexity index is 568. The fourth-order valence-electron chi connectivity index (χ4n) is 1.75. The van der Waals surface area contributed by atoms with Gasteiger partial charge in [-0.3, -0.25) is 5.10 Å². The Morgan fingerprint density at radius 3 is 2.53 bits per heavy atom. The number of hydrogen-bond donors (Lipinski definition) is 2. The zero-order valence-electron chi connectivity index (χ0n) is 8.87. The first-order chi connectivity index (χ1) is 8.24. The van der Waals surface area contributed by atoms with E-state index in [1.165, 1.54) is 0 Å². The summed E-state index contributed by atoms with van der Waals surface area (Å²) in [6, 6.07) is 5.28. The van der Waals surface area contributed by atoms with Crippen LogP contribution in [0.5, 0.6) is 11.5 Å². The lowest BCUT2D eigenvalue weighted by Gasteiger charge is -2.19. The van der Waals surface area contributed by atoms with Crippen molar-refractivity contribution in [2.45, 2.75) is 0 Å². The van der Waals surface area contributed by atoms with Crippen LogP contribution in [0.2, 0.25) is 5.02 Å². The Kier molecular flexibility index (Phi) is 2.33. The third-order valence-corrected chi connectivity index (χ3v) is 2.83. The molecule has 0 aliphatic carbocycles. The minimum atomic E-state index is 0.422. The maximum atomic E-state index is 6.18. The van der Waals surface area contributed by atoms with Gasteiger partial charge >= 0.3 is 0 Å². The Morgan fingerprint density at radius 1 is 1.18 bits per heavy atom. The van der Waals surface area contributed by atoms with Crippen molar-refractivity contribution in [3.05, 3.63) is 23.2 Å². The number of benzene rings is 1. The van der Waals surface area contributed by atoms with Crippen LogP contribution < -0.4 is 15.2 Å². The van der Waals surface area contributed by atoms with Crippen molar-refractivity contribution >= 4 is 17.4 Å². The van der Waals surface area contributed by atoms with Gasteiger partial charge in [0.2, 0.25) is 0 Å². The Balaban J connectivity index is 2.11. The standard InChI is InChI=1S/C11H10ClN3O2/c12-7-4-10-9(16-1-2-17-10)3-6(7)8-5-11(13)15-14-8/h3-5H,1-2H2,(H3,13,14,15). The maximum Gasteiger partial charge on any atom is 0.162 e. The van der Waals surface area contributed by atoms with E-state index in [0.29, 0.717) is 35.6 Å². The number of aromatic nitrogens is 2. The minimum absolute atomic E-state index is 0.422. The number of aromatic amines is 1. The van der Waals surface area contributed by atoms with Crippen molar-refractivity contribution in [2.24, 2.45) is 0 Å². The molecular formula is C11H10ClN3O2. The van der Waals surface area contributed by atoms with Gasteiger partial charge in [-0.1, -0.05) is 11.6 Å². The molecule has 0 amide bonds. The van der Waals surface area contributed by atoms with Gasteiger partial charge in [0.15, 0.2) is 11.5 Å².